The molecule has 1 aromatic carbocycles. The summed E-state index contributed by atoms with van der Waals surface area (Å²) in [7, 11) is 0. The smallest absolute Gasteiger partial charge is 0.126 e. The van der Waals surface area contributed by atoms with E-state index in [9.17, 15) is 0 Å². The van der Waals surface area contributed by atoms with Crippen LogP contribution in [0.25, 0.3) is 0 Å². The molecule has 0 aliphatic rings. The van der Waals surface area contributed by atoms with Gasteiger partial charge in [-0.3, -0.25) is 0 Å². The van der Waals surface area contributed by atoms with Gasteiger partial charge in [0, 0.05) is 0 Å². The predicted molar refractivity (Wildman–Crippen MR) is 57.3 cm³/mol. The van der Waals surface area contributed by atoms with Crippen molar-refractivity contribution in [3.8, 4) is 5.75 Å². The predicted octanol–water partition coefficient (Wildman–Crippen LogP) is 2.30. The van der Waals surface area contributed by atoms with Gasteiger partial charge in [-0.25, -0.2) is 0 Å². The minimum absolute atomic E-state index is 0.487. The number of nitrogen functional groups attached to an aromatic ring is 1. The lowest BCUT2D eigenvalue weighted by Crippen LogP contribution is -1.95. The molecule has 0 atom stereocenters. The number of rotatable bonds is 3. The molecule has 2 rings (SSSR count). The van der Waals surface area contributed by atoms with Crippen LogP contribution in [-0.4, -0.2) is 4.37 Å². The van der Waals surface area contributed by atoms with Gasteiger partial charge >= 0.3 is 0 Å². The highest BCUT2D eigenvalue weighted by Crippen LogP contribution is 2.18. The van der Waals surface area contributed by atoms with Gasteiger partial charge in [-0.15, -0.1) is 0 Å². The van der Waals surface area contributed by atoms with Crippen molar-refractivity contribution in [3.63, 3.8) is 0 Å². The zero-order chi connectivity index (χ0) is 9.80. The van der Waals surface area contributed by atoms with E-state index in [-0.39, 0.29) is 0 Å². The number of hydrogen-bond donors (Lipinski definition) is 1. The van der Waals surface area contributed by atoms with Crippen LogP contribution in [0.2, 0.25) is 0 Å². The summed E-state index contributed by atoms with van der Waals surface area (Å²) in [5, 5.41) is 0. The summed E-state index contributed by atoms with van der Waals surface area (Å²) in [6.45, 7) is 0.487. The average molecular weight is 206 g/mol. The van der Waals surface area contributed by atoms with E-state index >= 15 is 0 Å². The molecule has 0 saturated heterocycles. The Labute approximate surface area is 86.3 Å². The average Bonchev–Trinajstić information content (AvgIpc) is 2.63. The SMILES string of the molecule is Nc1cnsc1COc1ccccc1. The van der Waals surface area contributed by atoms with Gasteiger partial charge in [-0.1, -0.05) is 18.2 Å². The highest BCUT2D eigenvalue weighted by atomic mass is 32.1. The van der Waals surface area contributed by atoms with Crippen molar-refractivity contribution in [1.82, 2.24) is 4.37 Å². The summed E-state index contributed by atoms with van der Waals surface area (Å²) in [6, 6.07) is 9.65. The van der Waals surface area contributed by atoms with Gasteiger partial charge in [0.25, 0.3) is 0 Å². The number of nitrogens with zero attached hydrogens (tertiary/aromatic N) is 1. The molecule has 2 N–H and O–H groups in total. The number of hydrogen-bond acceptors (Lipinski definition) is 4. The zero-order valence-corrected chi connectivity index (χ0v) is 8.33. The van der Waals surface area contributed by atoms with Crippen molar-refractivity contribution in [2.24, 2.45) is 0 Å². The van der Waals surface area contributed by atoms with Gasteiger partial charge in [0.2, 0.25) is 0 Å². The molecule has 0 aliphatic heterocycles. The molecule has 0 bridgehead atoms. The molecular weight excluding hydrogens is 196 g/mol. The van der Waals surface area contributed by atoms with Crippen LogP contribution >= 0.6 is 11.5 Å². The summed E-state index contributed by atoms with van der Waals surface area (Å²) >= 11 is 1.37. The van der Waals surface area contributed by atoms with Gasteiger partial charge < -0.3 is 10.5 Å². The molecule has 0 saturated carbocycles. The highest BCUT2D eigenvalue weighted by Gasteiger charge is 2.02. The second kappa shape index (κ2) is 4.11. The van der Waals surface area contributed by atoms with Crippen molar-refractivity contribution in [2.45, 2.75) is 6.61 Å². The summed E-state index contributed by atoms with van der Waals surface area (Å²) in [4.78, 5) is 0.967. The minimum atomic E-state index is 0.487. The largest absolute Gasteiger partial charge is 0.488 e. The Hall–Kier alpha value is -1.55. The third-order valence-electron chi connectivity index (χ3n) is 1.79. The van der Waals surface area contributed by atoms with Crippen LogP contribution in [-0.2, 0) is 6.61 Å². The quantitative estimate of drug-likeness (QED) is 0.838. The Bertz CT molecular complexity index is 400. The molecule has 0 aliphatic carbocycles. The van der Waals surface area contributed by atoms with E-state index in [0.717, 1.165) is 10.6 Å². The van der Waals surface area contributed by atoms with Crippen LogP contribution in [0.4, 0.5) is 5.69 Å². The summed E-state index contributed by atoms with van der Waals surface area (Å²) < 4.78 is 9.49. The molecular formula is C10H10N2OS. The third kappa shape index (κ3) is 2.03. The second-order valence-corrected chi connectivity index (χ2v) is 3.69. The maximum atomic E-state index is 5.67. The van der Waals surface area contributed by atoms with Gasteiger partial charge in [0.05, 0.1) is 16.8 Å². The lowest BCUT2D eigenvalue weighted by molar-refractivity contribution is 0.310. The van der Waals surface area contributed by atoms with Crippen LogP contribution in [0, 0.1) is 0 Å². The molecule has 4 heteroatoms. The zero-order valence-electron chi connectivity index (χ0n) is 7.51. The molecule has 2 aromatic rings. The molecule has 14 heavy (non-hydrogen) atoms. The first-order valence-corrected chi connectivity index (χ1v) is 5.00. The van der Waals surface area contributed by atoms with E-state index in [4.69, 9.17) is 10.5 Å². The Morgan fingerprint density at radius 1 is 1.29 bits per heavy atom. The first-order chi connectivity index (χ1) is 6.86. The number of nitrogens with two attached hydrogens (primary N) is 1. The molecule has 0 unspecified atom stereocenters. The summed E-state index contributed by atoms with van der Waals surface area (Å²) in [6.07, 6.45) is 1.65. The molecule has 0 spiro atoms. The third-order valence-corrected chi connectivity index (χ3v) is 2.57. The highest BCUT2D eigenvalue weighted by molar-refractivity contribution is 7.06. The van der Waals surface area contributed by atoms with Crippen molar-refractivity contribution in [2.75, 3.05) is 5.73 Å². The standard InChI is InChI=1S/C10H10N2OS/c11-9-6-12-14-10(9)7-13-8-4-2-1-3-5-8/h1-6H,7,11H2. The van der Waals surface area contributed by atoms with Crippen molar-refractivity contribution < 1.29 is 4.74 Å². The normalized spacial score (nSPS) is 10.0. The Kier molecular flexibility index (Phi) is 2.65. The molecule has 0 amide bonds. The maximum absolute atomic E-state index is 5.67. The molecule has 3 nitrogen and oxygen atoms in total. The van der Waals surface area contributed by atoms with Crippen LogP contribution < -0.4 is 10.5 Å². The fourth-order valence-electron chi connectivity index (χ4n) is 1.05. The van der Waals surface area contributed by atoms with Gasteiger partial charge in [0.15, 0.2) is 0 Å². The Balaban J connectivity index is 1.99. The monoisotopic (exact) mass is 206 g/mol. The Morgan fingerprint density at radius 2 is 2.07 bits per heavy atom. The van der Waals surface area contributed by atoms with Crippen molar-refractivity contribution in [3.05, 3.63) is 41.4 Å². The fraction of sp³-hybridized carbons (Fsp3) is 0.100. The lowest BCUT2D eigenvalue weighted by atomic mass is 10.3. The molecule has 0 fully saturated rings. The summed E-state index contributed by atoms with van der Waals surface area (Å²) in [5.74, 6) is 0.848. The second-order valence-electron chi connectivity index (χ2n) is 2.81. The van der Waals surface area contributed by atoms with E-state index in [2.05, 4.69) is 4.37 Å². The number of para-hydroxylation sites is 1. The van der Waals surface area contributed by atoms with E-state index < -0.39 is 0 Å². The topological polar surface area (TPSA) is 48.1 Å². The van der Waals surface area contributed by atoms with Crippen LogP contribution in [0.3, 0.4) is 0 Å². The van der Waals surface area contributed by atoms with E-state index in [1.807, 2.05) is 30.3 Å². The number of anilines is 1. The van der Waals surface area contributed by atoms with Crippen LogP contribution in [0.5, 0.6) is 5.75 Å². The van der Waals surface area contributed by atoms with E-state index in [1.165, 1.54) is 11.5 Å². The number of aromatic nitrogens is 1. The first-order valence-electron chi connectivity index (χ1n) is 4.23. The minimum Gasteiger partial charge on any atom is -0.488 e. The maximum Gasteiger partial charge on any atom is 0.126 e. The fourth-order valence-corrected chi connectivity index (χ4v) is 1.61. The first kappa shape index (κ1) is 9.02. The lowest BCUT2D eigenvalue weighted by Gasteiger charge is -2.03. The number of ether oxygens (including phenoxy) is 1. The molecule has 1 aromatic heterocycles. The summed E-state index contributed by atoms with van der Waals surface area (Å²) in [5.41, 5.74) is 6.37. The van der Waals surface area contributed by atoms with E-state index in [0.29, 0.717) is 12.3 Å². The van der Waals surface area contributed by atoms with Crippen molar-refractivity contribution >= 4 is 17.2 Å². The van der Waals surface area contributed by atoms with E-state index in [1.54, 1.807) is 6.20 Å². The van der Waals surface area contributed by atoms with Crippen LogP contribution in [0.1, 0.15) is 4.88 Å². The van der Waals surface area contributed by atoms with Crippen LogP contribution in [0.15, 0.2) is 36.5 Å². The Morgan fingerprint density at radius 3 is 2.71 bits per heavy atom. The number of benzene rings is 1. The molecule has 72 valence electrons. The molecule has 0 radical (unpaired) electrons. The van der Waals surface area contributed by atoms with Gasteiger partial charge in [-0.05, 0) is 23.7 Å². The van der Waals surface area contributed by atoms with Gasteiger partial charge in [-0.2, -0.15) is 4.37 Å². The van der Waals surface area contributed by atoms with Crippen molar-refractivity contribution in [1.29, 1.82) is 0 Å². The molecule has 1 heterocycles. The van der Waals surface area contributed by atoms with Gasteiger partial charge in [0.1, 0.15) is 12.4 Å².